The number of thiophene rings is 1. The molecule has 7 nitrogen and oxygen atoms in total. The third-order valence-corrected chi connectivity index (χ3v) is 5.76. The van der Waals surface area contributed by atoms with Gasteiger partial charge < -0.3 is 15.2 Å². The minimum atomic E-state index is -3.77. The predicted octanol–water partition coefficient (Wildman–Crippen LogP) is 1.39. The van der Waals surface area contributed by atoms with Crippen LogP contribution in [0.4, 0.5) is 5.69 Å². The zero-order valence-corrected chi connectivity index (χ0v) is 14.1. The van der Waals surface area contributed by atoms with Gasteiger partial charge in [0.05, 0.1) is 23.1 Å². The van der Waals surface area contributed by atoms with E-state index in [9.17, 15) is 18.3 Å². The first-order valence-electron chi connectivity index (χ1n) is 7.21. The number of aliphatic hydroxyl groups excluding tert-OH is 1. The highest BCUT2D eigenvalue weighted by molar-refractivity contribution is 7.89. The zero-order valence-electron chi connectivity index (χ0n) is 12.5. The van der Waals surface area contributed by atoms with Crippen molar-refractivity contribution >= 4 is 33.0 Å². The van der Waals surface area contributed by atoms with Crippen LogP contribution in [-0.4, -0.2) is 38.4 Å². The average molecular weight is 368 g/mol. The molecule has 1 aliphatic heterocycles. The standard InChI is InChI=1S/C15H16N2O5S2/c18-14(10-6-8-23-9-10)16-11-1-3-12(4-2-11)24(20,21)17-13-5-7-22-15(13)19/h1-4,6,8-9,13,15,17,19H,5,7H2,(H,16,18)/t13-,15-/m0/s1. The van der Waals surface area contributed by atoms with Crippen LogP contribution in [0.1, 0.15) is 16.8 Å². The second kappa shape index (κ2) is 6.99. The smallest absolute Gasteiger partial charge is 0.256 e. The lowest BCUT2D eigenvalue weighted by Gasteiger charge is -2.15. The van der Waals surface area contributed by atoms with Crippen LogP contribution in [0.2, 0.25) is 0 Å². The SMILES string of the molecule is O=C(Nc1ccc(S(=O)(=O)N[C@H]2CCO[C@@H]2O)cc1)c1ccsc1. The number of sulfonamides is 1. The maximum absolute atomic E-state index is 12.3. The molecule has 0 aliphatic carbocycles. The molecule has 1 aromatic carbocycles. The molecule has 0 spiro atoms. The van der Waals surface area contributed by atoms with Crippen molar-refractivity contribution in [2.24, 2.45) is 0 Å². The highest BCUT2D eigenvalue weighted by Gasteiger charge is 2.30. The Hall–Kier alpha value is -1.78. The Labute approximate surface area is 143 Å². The molecule has 1 aromatic heterocycles. The number of amides is 1. The van der Waals surface area contributed by atoms with Crippen molar-refractivity contribution in [2.75, 3.05) is 11.9 Å². The molecule has 3 N–H and O–H groups in total. The summed E-state index contributed by atoms with van der Waals surface area (Å²) in [5, 5.41) is 15.8. The predicted molar refractivity (Wildman–Crippen MR) is 89.4 cm³/mol. The molecule has 1 fully saturated rings. The lowest BCUT2D eigenvalue weighted by Crippen LogP contribution is -2.40. The molecule has 9 heteroatoms. The van der Waals surface area contributed by atoms with E-state index in [4.69, 9.17) is 4.74 Å². The summed E-state index contributed by atoms with van der Waals surface area (Å²) in [6.07, 6.45) is -0.723. The maximum Gasteiger partial charge on any atom is 0.256 e. The minimum absolute atomic E-state index is 0.0510. The Morgan fingerprint density at radius 3 is 2.58 bits per heavy atom. The van der Waals surface area contributed by atoms with Crippen LogP contribution >= 0.6 is 11.3 Å². The normalized spacial score (nSPS) is 20.9. The van der Waals surface area contributed by atoms with E-state index < -0.39 is 22.4 Å². The van der Waals surface area contributed by atoms with Crippen molar-refractivity contribution < 1.29 is 23.1 Å². The van der Waals surface area contributed by atoms with Gasteiger partial charge in [-0.3, -0.25) is 4.79 Å². The summed E-state index contributed by atoms with van der Waals surface area (Å²) in [7, 11) is -3.77. The minimum Gasteiger partial charge on any atom is -0.367 e. The second-order valence-corrected chi connectivity index (χ2v) is 7.76. The van der Waals surface area contributed by atoms with E-state index in [2.05, 4.69) is 10.0 Å². The summed E-state index contributed by atoms with van der Waals surface area (Å²) in [6, 6.07) is 6.87. The number of ether oxygens (including phenoxy) is 1. The van der Waals surface area contributed by atoms with Gasteiger partial charge in [0, 0.05) is 11.1 Å². The van der Waals surface area contributed by atoms with Gasteiger partial charge in [0.1, 0.15) is 0 Å². The van der Waals surface area contributed by atoms with Crippen LogP contribution in [0.25, 0.3) is 0 Å². The summed E-state index contributed by atoms with van der Waals surface area (Å²) < 4.78 is 31.9. The lowest BCUT2D eigenvalue weighted by atomic mass is 10.3. The second-order valence-electron chi connectivity index (χ2n) is 5.27. The summed E-state index contributed by atoms with van der Waals surface area (Å²) in [5.41, 5.74) is 1.04. The molecule has 0 radical (unpaired) electrons. The molecule has 0 bridgehead atoms. The fourth-order valence-corrected chi connectivity index (χ4v) is 4.17. The van der Waals surface area contributed by atoms with E-state index in [1.165, 1.54) is 35.6 Å². The van der Waals surface area contributed by atoms with E-state index in [1.54, 1.807) is 16.8 Å². The molecule has 1 aliphatic rings. The van der Waals surface area contributed by atoms with Gasteiger partial charge in [-0.05, 0) is 42.1 Å². The van der Waals surface area contributed by atoms with Crippen molar-refractivity contribution in [2.45, 2.75) is 23.6 Å². The molecular formula is C15H16N2O5S2. The maximum atomic E-state index is 12.3. The first-order valence-corrected chi connectivity index (χ1v) is 9.64. The highest BCUT2D eigenvalue weighted by atomic mass is 32.2. The number of aliphatic hydroxyl groups is 1. The molecule has 1 saturated heterocycles. The van der Waals surface area contributed by atoms with Crippen LogP contribution < -0.4 is 10.0 Å². The van der Waals surface area contributed by atoms with E-state index in [0.29, 0.717) is 24.3 Å². The number of anilines is 1. The average Bonchev–Trinajstić information content (AvgIpc) is 3.20. The Balaban J connectivity index is 1.68. The first kappa shape index (κ1) is 17.1. The Kier molecular flexibility index (Phi) is 4.97. The summed E-state index contributed by atoms with van der Waals surface area (Å²) in [5.74, 6) is -0.254. The van der Waals surface area contributed by atoms with Gasteiger partial charge in [-0.15, -0.1) is 0 Å². The van der Waals surface area contributed by atoms with Gasteiger partial charge in [0.25, 0.3) is 5.91 Å². The van der Waals surface area contributed by atoms with Crippen LogP contribution in [0.3, 0.4) is 0 Å². The van der Waals surface area contributed by atoms with E-state index in [-0.39, 0.29) is 10.8 Å². The van der Waals surface area contributed by atoms with E-state index >= 15 is 0 Å². The zero-order chi connectivity index (χ0) is 17.2. The summed E-state index contributed by atoms with van der Waals surface area (Å²) in [6.45, 7) is 0.307. The van der Waals surface area contributed by atoms with Gasteiger partial charge >= 0.3 is 0 Å². The Bertz CT molecular complexity index is 803. The quantitative estimate of drug-likeness (QED) is 0.740. The first-order chi connectivity index (χ1) is 11.5. The number of nitrogens with one attached hydrogen (secondary N) is 2. The van der Waals surface area contributed by atoms with Crippen LogP contribution in [0.15, 0.2) is 46.0 Å². The van der Waals surface area contributed by atoms with Crippen LogP contribution in [0, 0.1) is 0 Å². The van der Waals surface area contributed by atoms with Crippen LogP contribution in [-0.2, 0) is 14.8 Å². The topological polar surface area (TPSA) is 105 Å². The molecule has 3 rings (SSSR count). The fourth-order valence-electron chi connectivity index (χ4n) is 2.27. The number of rotatable bonds is 5. The molecule has 1 amide bonds. The largest absolute Gasteiger partial charge is 0.367 e. The number of benzene rings is 1. The molecular weight excluding hydrogens is 352 g/mol. The third-order valence-electron chi connectivity index (χ3n) is 3.57. The van der Waals surface area contributed by atoms with Gasteiger partial charge in [-0.25, -0.2) is 13.1 Å². The highest BCUT2D eigenvalue weighted by Crippen LogP contribution is 2.18. The fraction of sp³-hybridized carbons (Fsp3) is 0.267. The molecule has 128 valence electrons. The summed E-state index contributed by atoms with van der Waals surface area (Å²) >= 11 is 1.42. The van der Waals surface area contributed by atoms with Crippen molar-refractivity contribution in [1.82, 2.24) is 4.72 Å². The Morgan fingerprint density at radius 1 is 1.25 bits per heavy atom. The molecule has 2 aromatic rings. The van der Waals surface area contributed by atoms with Gasteiger partial charge in [-0.2, -0.15) is 11.3 Å². The molecule has 2 atom stereocenters. The molecule has 0 unspecified atom stereocenters. The monoisotopic (exact) mass is 368 g/mol. The van der Waals surface area contributed by atoms with Crippen LogP contribution in [0.5, 0.6) is 0 Å². The van der Waals surface area contributed by atoms with E-state index in [1.807, 2.05) is 0 Å². The van der Waals surface area contributed by atoms with Crippen molar-refractivity contribution in [3.05, 3.63) is 46.7 Å². The number of hydrogen-bond acceptors (Lipinski definition) is 6. The van der Waals surface area contributed by atoms with Gasteiger partial charge in [-0.1, -0.05) is 0 Å². The van der Waals surface area contributed by atoms with Crippen molar-refractivity contribution in [3.8, 4) is 0 Å². The molecule has 24 heavy (non-hydrogen) atoms. The summed E-state index contributed by atoms with van der Waals surface area (Å²) in [4.78, 5) is 12.0. The lowest BCUT2D eigenvalue weighted by molar-refractivity contribution is -0.0686. The molecule has 2 heterocycles. The van der Waals surface area contributed by atoms with Gasteiger partial charge in [0.2, 0.25) is 10.0 Å². The number of carbonyl (C=O) groups is 1. The van der Waals surface area contributed by atoms with E-state index in [0.717, 1.165) is 0 Å². The van der Waals surface area contributed by atoms with Gasteiger partial charge in [0.15, 0.2) is 6.29 Å². The third kappa shape index (κ3) is 3.82. The number of hydrogen-bond donors (Lipinski definition) is 3. The Morgan fingerprint density at radius 2 is 2.00 bits per heavy atom. The molecule has 0 saturated carbocycles. The van der Waals surface area contributed by atoms with Crippen molar-refractivity contribution in [3.63, 3.8) is 0 Å². The van der Waals surface area contributed by atoms with Crippen molar-refractivity contribution in [1.29, 1.82) is 0 Å². The number of carbonyl (C=O) groups excluding carboxylic acids is 1.